The number of carbonyl (C=O) groups is 5. The number of aliphatic hydroxyl groups is 5. The number of amides is 1. The second-order valence-corrected chi connectivity index (χ2v) is 23.5. The zero-order valence-corrected chi connectivity index (χ0v) is 45.9. The fourth-order valence-electron chi connectivity index (χ4n) is 14.0. The van der Waals surface area contributed by atoms with Crippen LogP contribution < -0.4 is 18.9 Å². The molecular formula is C57H72N2O20. The summed E-state index contributed by atoms with van der Waals surface area (Å²) in [6, 6.07) is 6.41. The highest BCUT2D eigenvalue weighted by atomic mass is 16.7. The van der Waals surface area contributed by atoms with E-state index in [1.54, 1.807) is 49.1 Å². The lowest BCUT2D eigenvalue weighted by molar-refractivity contribution is -0.234. The molecule has 2 aliphatic carbocycles. The lowest BCUT2D eigenvalue weighted by Crippen LogP contribution is -2.57. The van der Waals surface area contributed by atoms with Gasteiger partial charge in [-0.25, -0.2) is 9.59 Å². The molecule has 0 saturated carbocycles. The lowest BCUT2D eigenvalue weighted by Gasteiger charge is -2.44. The van der Waals surface area contributed by atoms with E-state index >= 15 is 4.79 Å². The van der Waals surface area contributed by atoms with E-state index in [1.807, 2.05) is 19.9 Å². The van der Waals surface area contributed by atoms with E-state index in [0.717, 1.165) is 19.8 Å². The van der Waals surface area contributed by atoms with Crippen molar-refractivity contribution in [2.75, 3.05) is 55.1 Å². The maximum absolute atomic E-state index is 15.9. The molecule has 2 unspecified atom stereocenters. The molecule has 5 N–H and O–H groups in total. The van der Waals surface area contributed by atoms with Gasteiger partial charge in [0.1, 0.15) is 0 Å². The minimum atomic E-state index is -2.74. The molecule has 2 aromatic carbocycles. The van der Waals surface area contributed by atoms with Crippen molar-refractivity contribution in [3.63, 3.8) is 0 Å². The average Bonchev–Trinajstić information content (AvgIpc) is 4.43. The molecule has 22 nitrogen and oxygen atoms in total. The molecule has 0 aromatic heterocycles. The van der Waals surface area contributed by atoms with E-state index in [9.17, 15) is 44.7 Å². The van der Waals surface area contributed by atoms with Gasteiger partial charge in [-0.3, -0.25) is 19.3 Å². The van der Waals surface area contributed by atoms with Crippen molar-refractivity contribution in [2.45, 2.75) is 162 Å². The van der Waals surface area contributed by atoms with Crippen molar-refractivity contribution >= 4 is 29.8 Å². The number of benzene rings is 2. The molecule has 6 heterocycles. The van der Waals surface area contributed by atoms with Crippen LogP contribution in [0.1, 0.15) is 126 Å². The van der Waals surface area contributed by atoms with E-state index in [0.29, 0.717) is 65.5 Å². The van der Waals surface area contributed by atoms with Gasteiger partial charge in [-0.15, -0.1) is 0 Å². The van der Waals surface area contributed by atoms with Gasteiger partial charge in [0.05, 0.1) is 75.7 Å². The Kier molecular flexibility index (Phi) is 14.3. The number of fused-ring (bicyclic) bond motifs is 6. The summed E-state index contributed by atoms with van der Waals surface area (Å²) in [6.07, 6.45) is 2.94. The molecule has 2 fully saturated rings. The Morgan fingerprint density at radius 1 is 0.696 bits per heavy atom. The van der Waals surface area contributed by atoms with Crippen LogP contribution in [-0.4, -0.2) is 166 Å². The van der Waals surface area contributed by atoms with Crippen LogP contribution in [0.25, 0.3) is 0 Å². The molecule has 2 aromatic rings. The standard InChI is InChI=1S/C57H72N2O20/c1-31(2)10-17-55(67,28-45(61)73-8)50(64)79-56(68)42(70-5)25-52-16-11-37(58(52)18-12-32-20-38-40(76-29-74-38)22-34(32)46(52)56)36-24-53-26-43(71-6)57(69,78-49(63)54(66,27-44(60)72-7)15-9-14-51(3,4)65)47(53)35-23-41-39(75-30-77-41)21-33(35)13-19-59(53)48(36)62/h20-23,25-26,31,36-37,46-47,65-69H,9-19,24,27-30H2,1-8H3/t36?,37?,46-,47-,52-,53-,54+,55+,56-,57-/m0/s1. The molecule has 8 aliphatic rings. The Balaban J connectivity index is 1.06. The third kappa shape index (κ3) is 9.23. The summed E-state index contributed by atoms with van der Waals surface area (Å²) in [5.41, 5.74) is -6.57. The summed E-state index contributed by atoms with van der Waals surface area (Å²) in [5, 5.41) is 61.5. The second-order valence-electron chi connectivity index (χ2n) is 23.5. The molecular weight excluding hydrogens is 1030 g/mol. The van der Waals surface area contributed by atoms with Crippen LogP contribution in [-0.2, 0) is 65.2 Å². The molecule has 2 saturated heterocycles. The van der Waals surface area contributed by atoms with Crippen molar-refractivity contribution in [3.8, 4) is 23.0 Å². The van der Waals surface area contributed by atoms with Gasteiger partial charge >= 0.3 is 23.9 Å². The topological polar surface area (TPSA) is 285 Å². The van der Waals surface area contributed by atoms with E-state index < -0.39 is 100.0 Å². The molecule has 6 aliphatic heterocycles. The molecule has 10 atom stereocenters. The van der Waals surface area contributed by atoms with Gasteiger partial charge in [-0.2, -0.15) is 0 Å². The summed E-state index contributed by atoms with van der Waals surface area (Å²) in [4.78, 5) is 74.8. The van der Waals surface area contributed by atoms with Crippen LogP contribution in [0.4, 0.5) is 0 Å². The molecule has 1 amide bonds. The Hall–Kier alpha value is -6.17. The first kappa shape index (κ1) is 56.1. The number of hydrogen-bond donors (Lipinski definition) is 5. The van der Waals surface area contributed by atoms with Crippen molar-refractivity contribution in [1.82, 2.24) is 9.80 Å². The number of ether oxygens (including phenoxy) is 10. The van der Waals surface area contributed by atoms with Crippen LogP contribution in [0.2, 0.25) is 0 Å². The van der Waals surface area contributed by atoms with Crippen molar-refractivity contribution in [1.29, 1.82) is 0 Å². The Morgan fingerprint density at radius 3 is 1.67 bits per heavy atom. The van der Waals surface area contributed by atoms with Crippen LogP contribution in [0.3, 0.4) is 0 Å². The van der Waals surface area contributed by atoms with Gasteiger partial charge < -0.3 is 77.8 Å². The minimum absolute atomic E-state index is 0.00601. The lowest BCUT2D eigenvalue weighted by atomic mass is 9.74. The van der Waals surface area contributed by atoms with Crippen molar-refractivity contribution < 1.29 is 96.9 Å². The van der Waals surface area contributed by atoms with Gasteiger partial charge in [-0.1, -0.05) is 13.8 Å². The number of methoxy groups -OCH3 is 4. The van der Waals surface area contributed by atoms with Crippen LogP contribution in [0, 0.1) is 11.8 Å². The molecule has 0 bridgehead atoms. The number of carbonyl (C=O) groups excluding carboxylic acids is 5. The van der Waals surface area contributed by atoms with Crippen molar-refractivity contribution in [3.05, 3.63) is 70.2 Å². The summed E-state index contributed by atoms with van der Waals surface area (Å²) in [5.74, 6) is -12.3. The van der Waals surface area contributed by atoms with Crippen LogP contribution >= 0.6 is 0 Å². The highest BCUT2D eigenvalue weighted by Gasteiger charge is 2.73. The molecule has 0 radical (unpaired) electrons. The fraction of sp³-hybridized carbons (Fsp3) is 0.632. The summed E-state index contributed by atoms with van der Waals surface area (Å²) in [7, 11) is 4.85. The zero-order valence-electron chi connectivity index (χ0n) is 45.9. The summed E-state index contributed by atoms with van der Waals surface area (Å²) in [6.45, 7) is 7.19. The molecule has 2 spiro atoms. The summed E-state index contributed by atoms with van der Waals surface area (Å²) < 4.78 is 57.5. The zero-order chi connectivity index (χ0) is 56.8. The van der Waals surface area contributed by atoms with Crippen molar-refractivity contribution in [2.24, 2.45) is 11.8 Å². The Bertz CT molecular complexity index is 2880. The minimum Gasteiger partial charge on any atom is -0.494 e. The smallest absolute Gasteiger partial charge is 0.341 e. The predicted octanol–water partition coefficient (Wildman–Crippen LogP) is 3.43. The fourth-order valence-corrected chi connectivity index (χ4v) is 14.0. The van der Waals surface area contributed by atoms with E-state index in [1.165, 1.54) is 14.2 Å². The number of nitrogens with zero attached hydrogens (tertiary/aromatic N) is 2. The third-order valence-corrected chi connectivity index (χ3v) is 17.8. The third-order valence-electron chi connectivity index (χ3n) is 17.8. The number of esters is 4. The van der Waals surface area contributed by atoms with Gasteiger partial charge in [0, 0.05) is 19.1 Å². The van der Waals surface area contributed by atoms with E-state index in [2.05, 4.69) is 4.90 Å². The Labute approximate surface area is 457 Å². The maximum atomic E-state index is 15.9. The van der Waals surface area contributed by atoms with Crippen LogP contribution in [0.5, 0.6) is 23.0 Å². The van der Waals surface area contributed by atoms with E-state index in [-0.39, 0.29) is 88.4 Å². The first-order valence-corrected chi connectivity index (χ1v) is 27.0. The Morgan fingerprint density at radius 2 is 1.18 bits per heavy atom. The second kappa shape index (κ2) is 20.1. The summed E-state index contributed by atoms with van der Waals surface area (Å²) >= 11 is 0. The highest BCUT2D eigenvalue weighted by molar-refractivity contribution is 5.88. The average molecular weight is 1110 g/mol. The van der Waals surface area contributed by atoms with Gasteiger partial charge in [0.15, 0.2) is 45.7 Å². The normalized spacial score (nSPS) is 30.5. The van der Waals surface area contributed by atoms with E-state index in [4.69, 9.17) is 47.4 Å². The maximum Gasteiger partial charge on any atom is 0.341 e. The van der Waals surface area contributed by atoms with Gasteiger partial charge in [0.25, 0.3) is 11.6 Å². The SMILES string of the molecule is COC(=O)C[C@](O)(CCCC(C)(C)O)C(=O)O[C@@]1(O)C(OC)=C[C@]23CC(C4CC[C@]56C=C(OC)[C@](O)(OC(=O)[C@@](O)(CCC(C)C)CC(=O)OC)[C@H]5c5cc7c(cc5CCN46)OCO7)C(=O)N2CCc2cc4c(cc2[C@H]13)OCO4. The van der Waals surface area contributed by atoms with Crippen LogP contribution in [0.15, 0.2) is 47.9 Å². The first-order chi connectivity index (χ1) is 37.3. The molecule has 10 rings (SSSR count). The van der Waals surface area contributed by atoms with Gasteiger partial charge in [0.2, 0.25) is 19.5 Å². The number of hydrogen-bond acceptors (Lipinski definition) is 21. The largest absolute Gasteiger partial charge is 0.494 e. The highest BCUT2D eigenvalue weighted by Crippen LogP contribution is 2.65. The monoisotopic (exact) mass is 1100 g/mol. The quantitative estimate of drug-likeness (QED) is 0.0812. The van der Waals surface area contributed by atoms with Gasteiger partial charge in [-0.05, 0) is 143 Å². The molecule has 79 heavy (non-hydrogen) atoms. The number of rotatable bonds is 18. The first-order valence-electron chi connectivity index (χ1n) is 27.0. The molecule has 430 valence electrons. The molecule has 22 heteroatoms. The predicted molar refractivity (Wildman–Crippen MR) is 273 cm³/mol.